The summed E-state index contributed by atoms with van der Waals surface area (Å²) < 4.78 is 47.9. The Bertz CT molecular complexity index is 1130. The lowest BCUT2D eigenvalue weighted by Gasteiger charge is -2.29. The maximum atomic E-state index is 13.5. The zero-order valence-corrected chi connectivity index (χ0v) is 20.4. The number of ketones is 1. The van der Waals surface area contributed by atoms with Gasteiger partial charge in [-0.15, -0.1) is 0 Å². The fraction of sp³-hybridized carbons (Fsp3) is 0.500. The number of rotatable bonds is 8. The lowest BCUT2D eigenvalue weighted by molar-refractivity contribution is 0.0588. The highest BCUT2D eigenvalue weighted by Gasteiger charge is 2.32. The first-order chi connectivity index (χ1) is 15.6. The van der Waals surface area contributed by atoms with Gasteiger partial charge in [0, 0.05) is 24.8 Å². The Morgan fingerprint density at radius 3 is 2.30 bits per heavy atom. The first-order valence-electron chi connectivity index (χ1n) is 11.1. The Labute approximate surface area is 194 Å². The Morgan fingerprint density at radius 1 is 1.12 bits per heavy atom. The Morgan fingerprint density at radius 2 is 1.73 bits per heavy atom. The van der Waals surface area contributed by atoms with E-state index in [4.69, 9.17) is 4.74 Å². The zero-order valence-electron chi connectivity index (χ0n) is 19.6. The highest BCUT2D eigenvalue weighted by molar-refractivity contribution is 7.89. The van der Waals surface area contributed by atoms with Crippen LogP contribution >= 0.6 is 0 Å². The molecule has 1 fully saturated rings. The molecule has 0 atom stereocenters. The van der Waals surface area contributed by atoms with Crippen LogP contribution < -0.4 is 0 Å². The van der Waals surface area contributed by atoms with Gasteiger partial charge in [-0.3, -0.25) is 4.79 Å². The molecular formula is C24H31FN2O5S. The number of esters is 1. The molecule has 0 bridgehead atoms. The molecule has 1 aromatic carbocycles. The van der Waals surface area contributed by atoms with Crippen molar-refractivity contribution in [1.82, 2.24) is 8.87 Å². The van der Waals surface area contributed by atoms with Gasteiger partial charge in [-0.25, -0.2) is 17.6 Å². The smallest absolute Gasteiger partial charge is 0.354 e. The summed E-state index contributed by atoms with van der Waals surface area (Å²) in [6.45, 7) is 3.24. The number of hydrogen-bond acceptors (Lipinski definition) is 5. The number of Topliss-reactive ketones (excluding diaryl/α,β-unsaturated/α-hetero) is 1. The molecule has 0 spiro atoms. The van der Waals surface area contributed by atoms with E-state index in [1.807, 2.05) is 0 Å². The van der Waals surface area contributed by atoms with Gasteiger partial charge in [-0.05, 0) is 62.4 Å². The van der Waals surface area contributed by atoms with Crippen molar-refractivity contribution in [3.8, 4) is 0 Å². The van der Waals surface area contributed by atoms with Gasteiger partial charge in [0.2, 0.25) is 10.0 Å². The molecule has 1 aromatic heterocycles. The third-order valence-electron chi connectivity index (χ3n) is 6.55. The van der Waals surface area contributed by atoms with Crippen molar-refractivity contribution in [2.75, 3.05) is 20.2 Å². The van der Waals surface area contributed by atoms with E-state index < -0.39 is 27.6 Å². The second-order valence-corrected chi connectivity index (χ2v) is 10.6. The molecule has 3 rings (SSSR count). The topological polar surface area (TPSA) is 85.7 Å². The largest absolute Gasteiger partial charge is 0.464 e. The summed E-state index contributed by atoms with van der Waals surface area (Å²) in [5.41, 5.74) is 1.61. The Balaban J connectivity index is 1.97. The van der Waals surface area contributed by atoms with Crippen molar-refractivity contribution in [3.63, 3.8) is 0 Å². The molecule has 0 amide bonds. The number of aromatic nitrogens is 1. The molecule has 0 aliphatic heterocycles. The highest BCUT2D eigenvalue weighted by atomic mass is 32.2. The summed E-state index contributed by atoms with van der Waals surface area (Å²) in [5, 5.41) is 0. The van der Waals surface area contributed by atoms with Crippen molar-refractivity contribution < 1.29 is 27.1 Å². The number of methoxy groups -OCH3 is 1. The number of halogens is 1. The zero-order chi connectivity index (χ0) is 24.3. The van der Waals surface area contributed by atoms with Crippen LogP contribution in [0.3, 0.4) is 0 Å². The summed E-state index contributed by atoms with van der Waals surface area (Å²) >= 11 is 0. The van der Waals surface area contributed by atoms with Gasteiger partial charge in [0.25, 0.3) is 0 Å². The van der Waals surface area contributed by atoms with Crippen molar-refractivity contribution in [3.05, 3.63) is 52.6 Å². The Kier molecular flexibility index (Phi) is 7.74. The van der Waals surface area contributed by atoms with E-state index in [1.54, 1.807) is 25.5 Å². The van der Waals surface area contributed by atoms with Crippen LogP contribution in [0.2, 0.25) is 0 Å². The number of nitrogens with zero attached hydrogens (tertiary/aromatic N) is 2. The monoisotopic (exact) mass is 478 g/mol. The molecule has 0 unspecified atom stereocenters. The van der Waals surface area contributed by atoms with Crippen LogP contribution in [0, 0.1) is 25.6 Å². The van der Waals surface area contributed by atoms with Gasteiger partial charge >= 0.3 is 5.97 Å². The molecule has 180 valence electrons. The summed E-state index contributed by atoms with van der Waals surface area (Å²) in [6.07, 6.45) is 4.99. The molecular weight excluding hydrogens is 447 g/mol. The number of hydrogen-bond donors (Lipinski definition) is 0. The van der Waals surface area contributed by atoms with Gasteiger partial charge in [-0.2, -0.15) is 4.31 Å². The average molecular weight is 479 g/mol. The lowest BCUT2D eigenvalue weighted by Crippen LogP contribution is -2.39. The molecule has 1 heterocycles. The minimum Gasteiger partial charge on any atom is -0.464 e. The molecule has 2 aromatic rings. The van der Waals surface area contributed by atoms with Crippen molar-refractivity contribution >= 4 is 21.8 Å². The van der Waals surface area contributed by atoms with Gasteiger partial charge in [0.05, 0.1) is 18.6 Å². The third-order valence-corrected chi connectivity index (χ3v) is 8.37. The van der Waals surface area contributed by atoms with E-state index in [-0.39, 0.29) is 29.6 Å². The molecule has 33 heavy (non-hydrogen) atoms. The Hall–Kier alpha value is -2.52. The molecule has 0 saturated heterocycles. The minimum absolute atomic E-state index is 0.0516. The van der Waals surface area contributed by atoms with E-state index in [0.717, 1.165) is 44.2 Å². The molecule has 1 aliphatic rings. The molecule has 7 nitrogen and oxygen atoms in total. The number of carbonyl (C=O) groups excluding carboxylic acids is 2. The van der Waals surface area contributed by atoms with Gasteiger partial charge < -0.3 is 9.30 Å². The third kappa shape index (κ3) is 5.19. The van der Waals surface area contributed by atoms with Crippen LogP contribution in [0.5, 0.6) is 0 Å². The van der Waals surface area contributed by atoms with Crippen molar-refractivity contribution in [1.29, 1.82) is 0 Å². The van der Waals surface area contributed by atoms with Crippen LogP contribution in [0.1, 0.15) is 64.2 Å². The van der Waals surface area contributed by atoms with Crippen LogP contribution in [0.25, 0.3) is 0 Å². The molecule has 0 radical (unpaired) electrons. The summed E-state index contributed by atoms with van der Waals surface area (Å²) in [6, 6.07) is 4.64. The van der Waals surface area contributed by atoms with E-state index in [0.29, 0.717) is 16.8 Å². The van der Waals surface area contributed by atoms with Gasteiger partial charge in [-0.1, -0.05) is 19.3 Å². The van der Waals surface area contributed by atoms with Crippen LogP contribution in [0.15, 0.2) is 29.2 Å². The highest BCUT2D eigenvalue weighted by Crippen LogP contribution is 2.28. The number of sulfonamides is 1. The second kappa shape index (κ2) is 10.2. The van der Waals surface area contributed by atoms with Crippen LogP contribution in [-0.2, 0) is 21.8 Å². The maximum Gasteiger partial charge on any atom is 0.354 e. The SMILES string of the molecule is COC(=O)c1c(C)c(C(=O)CN(CC2CCCCC2)S(=O)(=O)c2ccc(F)cc2)c(C)n1C. The first-order valence-corrected chi connectivity index (χ1v) is 12.5. The standard InChI is InChI=1S/C24H31FN2O5S/c1-16-22(17(2)26(3)23(16)24(29)32-4)21(28)15-27(14-18-8-6-5-7-9-18)33(30,31)20-12-10-19(25)11-13-20/h10-13,18H,5-9,14-15H2,1-4H3. The summed E-state index contributed by atoms with van der Waals surface area (Å²) in [5.74, 6) is -1.33. The van der Waals surface area contributed by atoms with Gasteiger partial charge in [0.15, 0.2) is 5.78 Å². The summed E-state index contributed by atoms with van der Waals surface area (Å²) in [7, 11) is -1.09. The van der Waals surface area contributed by atoms with Crippen molar-refractivity contribution in [2.45, 2.75) is 50.8 Å². The van der Waals surface area contributed by atoms with E-state index in [9.17, 15) is 22.4 Å². The predicted molar refractivity (Wildman–Crippen MR) is 122 cm³/mol. The van der Waals surface area contributed by atoms with E-state index >= 15 is 0 Å². The molecule has 0 N–H and O–H groups in total. The first kappa shape index (κ1) is 25.1. The fourth-order valence-corrected chi connectivity index (χ4v) is 6.15. The van der Waals surface area contributed by atoms with E-state index in [2.05, 4.69) is 0 Å². The van der Waals surface area contributed by atoms with Crippen molar-refractivity contribution in [2.24, 2.45) is 13.0 Å². The average Bonchev–Trinajstić information content (AvgIpc) is 3.01. The van der Waals surface area contributed by atoms with Crippen LogP contribution in [0.4, 0.5) is 4.39 Å². The summed E-state index contributed by atoms with van der Waals surface area (Å²) in [4.78, 5) is 25.6. The number of carbonyl (C=O) groups is 2. The lowest BCUT2D eigenvalue weighted by atomic mass is 9.89. The number of benzene rings is 1. The second-order valence-electron chi connectivity index (χ2n) is 8.66. The molecule has 9 heteroatoms. The van der Waals surface area contributed by atoms with Gasteiger partial charge in [0.1, 0.15) is 11.5 Å². The van der Waals surface area contributed by atoms with Crippen LogP contribution in [-0.4, -0.2) is 49.2 Å². The predicted octanol–water partition coefficient (Wildman–Crippen LogP) is 4.02. The quantitative estimate of drug-likeness (QED) is 0.423. The molecule has 1 saturated carbocycles. The normalized spacial score (nSPS) is 15.1. The fourth-order valence-electron chi connectivity index (χ4n) is 4.67. The molecule has 1 aliphatic carbocycles. The minimum atomic E-state index is -4.02. The van der Waals surface area contributed by atoms with E-state index in [1.165, 1.54) is 23.5 Å². The maximum absolute atomic E-state index is 13.5. The number of ether oxygens (including phenoxy) is 1.